The Morgan fingerprint density at radius 2 is 1.67 bits per heavy atom. The molecule has 0 spiro atoms. The van der Waals surface area contributed by atoms with Crippen LogP contribution in [0.25, 0.3) is 0 Å². The lowest BCUT2D eigenvalue weighted by Crippen LogP contribution is -2.70. The number of fused-ring (bicyclic) bond motifs is 1. The molecule has 8 nitrogen and oxygen atoms in total. The SMILES string of the molecule is CC(C)(C)OC(=O)N[C@@H]1C(=O)N2C(C(=O)OC(c3ccccc3)c3ccccc3)=C(/C=C/Sc3ccccn3)CS[C@H]12. The molecule has 1 fully saturated rings. The predicted molar refractivity (Wildman–Crippen MR) is 163 cm³/mol. The third-order valence-electron chi connectivity index (χ3n) is 6.39. The van der Waals surface area contributed by atoms with Crippen LogP contribution in [0.4, 0.5) is 4.79 Å². The van der Waals surface area contributed by atoms with Crippen molar-refractivity contribution in [1.82, 2.24) is 15.2 Å². The largest absolute Gasteiger partial charge is 0.448 e. The molecule has 1 saturated heterocycles. The molecule has 0 bridgehead atoms. The standard InChI is InChI=1S/C32H31N3O5S2/c1-32(2,3)40-31(38)34-25-28(36)35-26(23(20-42-29(25)35)17-19-41-24-16-10-11-18-33-24)30(37)39-27(21-12-6-4-7-13-21)22-14-8-5-9-15-22/h4-19,25,27,29H,20H2,1-3H3,(H,34,38)/b19-17+/t25-,29-/m1/s1. The van der Waals surface area contributed by atoms with Gasteiger partial charge in [-0.25, -0.2) is 14.6 Å². The number of nitrogens with one attached hydrogen (secondary N) is 1. The summed E-state index contributed by atoms with van der Waals surface area (Å²) in [5.41, 5.74) is 1.72. The topological polar surface area (TPSA) is 97.8 Å². The first-order valence-electron chi connectivity index (χ1n) is 13.4. The minimum absolute atomic E-state index is 0.167. The second-order valence-corrected chi connectivity index (χ2v) is 12.6. The molecule has 3 heterocycles. The molecule has 0 radical (unpaired) electrons. The molecule has 1 N–H and O–H groups in total. The van der Waals surface area contributed by atoms with Crippen molar-refractivity contribution in [2.24, 2.45) is 0 Å². The van der Waals surface area contributed by atoms with Crippen LogP contribution >= 0.6 is 23.5 Å². The van der Waals surface area contributed by atoms with Gasteiger partial charge in [-0.15, -0.1) is 11.8 Å². The van der Waals surface area contributed by atoms with Gasteiger partial charge in [0.25, 0.3) is 5.91 Å². The fourth-order valence-corrected chi connectivity index (χ4v) is 6.51. The lowest BCUT2D eigenvalue weighted by molar-refractivity contribution is -0.153. The number of carbonyl (C=O) groups is 3. The van der Waals surface area contributed by atoms with Crippen LogP contribution in [0.5, 0.6) is 0 Å². The lowest BCUT2D eigenvalue weighted by atomic mass is 10.0. The number of thioether (sulfide) groups is 2. The highest BCUT2D eigenvalue weighted by Crippen LogP contribution is 2.42. The average Bonchev–Trinajstić information content (AvgIpc) is 2.98. The van der Waals surface area contributed by atoms with Gasteiger partial charge in [0.15, 0.2) is 6.10 Å². The molecule has 42 heavy (non-hydrogen) atoms. The van der Waals surface area contributed by atoms with Crippen LogP contribution in [-0.4, -0.2) is 50.6 Å². The number of esters is 1. The van der Waals surface area contributed by atoms with Gasteiger partial charge >= 0.3 is 12.1 Å². The smallest absolute Gasteiger partial charge is 0.408 e. The highest BCUT2D eigenvalue weighted by atomic mass is 32.2. The first-order chi connectivity index (χ1) is 20.2. The Balaban J connectivity index is 1.44. The molecule has 0 aliphatic carbocycles. The summed E-state index contributed by atoms with van der Waals surface area (Å²) in [6.07, 6.45) is 2.17. The maximum Gasteiger partial charge on any atom is 0.408 e. The van der Waals surface area contributed by atoms with E-state index in [0.29, 0.717) is 11.3 Å². The molecule has 3 aromatic rings. The zero-order valence-electron chi connectivity index (χ0n) is 23.4. The van der Waals surface area contributed by atoms with E-state index < -0.39 is 41.1 Å². The quantitative estimate of drug-likeness (QED) is 0.188. The Labute approximate surface area is 253 Å². The van der Waals surface area contributed by atoms with Crippen molar-refractivity contribution < 1.29 is 23.9 Å². The Hall–Kier alpha value is -4.02. The average molecular weight is 602 g/mol. The number of allylic oxidation sites excluding steroid dienone is 1. The zero-order valence-corrected chi connectivity index (χ0v) is 25.1. The third kappa shape index (κ3) is 6.88. The minimum Gasteiger partial charge on any atom is -0.448 e. The first-order valence-corrected chi connectivity index (χ1v) is 15.4. The van der Waals surface area contributed by atoms with Crippen LogP contribution in [0, 0.1) is 0 Å². The Morgan fingerprint density at radius 1 is 1.02 bits per heavy atom. The summed E-state index contributed by atoms with van der Waals surface area (Å²) in [6, 6.07) is 23.8. The van der Waals surface area contributed by atoms with Gasteiger partial charge in [0, 0.05) is 11.9 Å². The third-order valence-corrected chi connectivity index (χ3v) is 8.45. The molecular weight excluding hydrogens is 571 g/mol. The highest BCUT2D eigenvalue weighted by molar-refractivity contribution is 8.02. The number of amides is 2. The van der Waals surface area contributed by atoms with Crippen LogP contribution < -0.4 is 5.32 Å². The maximum atomic E-state index is 14.0. The van der Waals surface area contributed by atoms with Gasteiger partial charge in [-0.1, -0.05) is 78.5 Å². The van der Waals surface area contributed by atoms with Gasteiger partial charge in [0.05, 0.1) is 0 Å². The Bertz CT molecular complexity index is 1450. The van der Waals surface area contributed by atoms with Crippen molar-refractivity contribution in [3.05, 3.63) is 119 Å². The Kier molecular flexibility index (Phi) is 9.03. The molecule has 2 aliphatic rings. The molecular formula is C32H31N3O5S2. The van der Waals surface area contributed by atoms with E-state index in [0.717, 1.165) is 16.2 Å². The minimum atomic E-state index is -0.819. The predicted octanol–water partition coefficient (Wildman–Crippen LogP) is 6.08. The normalized spacial score (nSPS) is 18.5. The van der Waals surface area contributed by atoms with Crippen molar-refractivity contribution in [2.75, 3.05) is 5.75 Å². The van der Waals surface area contributed by atoms with Gasteiger partial charge in [-0.2, -0.15) is 0 Å². The summed E-state index contributed by atoms with van der Waals surface area (Å²) in [5, 5.41) is 4.85. The molecule has 2 atom stereocenters. The summed E-state index contributed by atoms with van der Waals surface area (Å²) < 4.78 is 11.5. The molecule has 10 heteroatoms. The van der Waals surface area contributed by atoms with Crippen LogP contribution in [0.1, 0.15) is 38.0 Å². The van der Waals surface area contributed by atoms with E-state index in [2.05, 4.69) is 10.3 Å². The van der Waals surface area contributed by atoms with Crippen molar-refractivity contribution in [2.45, 2.75) is 48.9 Å². The van der Waals surface area contributed by atoms with Gasteiger partial charge in [-0.3, -0.25) is 9.69 Å². The number of hydrogen-bond donors (Lipinski definition) is 1. The lowest BCUT2D eigenvalue weighted by Gasteiger charge is -2.49. The van der Waals surface area contributed by atoms with E-state index >= 15 is 0 Å². The number of pyridine rings is 1. The number of hydrogen-bond acceptors (Lipinski definition) is 8. The van der Waals surface area contributed by atoms with E-state index in [1.165, 1.54) is 28.4 Å². The number of ether oxygens (including phenoxy) is 2. The number of carbonyl (C=O) groups excluding carboxylic acids is 3. The number of alkyl carbamates (subject to hydrolysis) is 1. The van der Waals surface area contributed by atoms with Crippen LogP contribution in [0.15, 0.2) is 113 Å². The van der Waals surface area contributed by atoms with Crippen LogP contribution in [0.3, 0.4) is 0 Å². The molecule has 2 aromatic carbocycles. The summed E-state index contributed by atoms with van der Waals surface area (Å²) in [6.45, 7) is 5.27. The van der Waals surface area contributed by atoms with E-state index in [4.69, 9.17) is 9.47 Å². The number of β-lactam (4-membered cyclic amide) rings is 1. The molecule has 0 unspecified atom stereocenters. The molecule has 1 aromatic heterocycles. The number of benzene rings is 2. The fraction of sp³-hybridized carbons (Fsp3) is 0.250. The zero-order chi connectivity index (χ0) is 29.7. The summed E-state index contributed by atoms with van der Waals surface area (Å²) in [4.78, 5) is 45.6. The van der Waals surface area contributed by atoms with Crippen molar-refractivity contribution in [3.8, 4) is 0 Å². The van der Waals surface area contributed by atoms with E-state index in [1.807, 2.05) is 90.3 Å². The van der Waals surface area contributed by atoms with Crippen molar-refractivity contribution >= 4 is 41.5 Å². The molecule has 2 aliphatic heterocycles. The van der Waals surface area contributed by atoms with Gasteiger partial charge in [0.1, 0.15) is 27.7 Å². The van der Waals surface area contributed by atoms with Gasteiger partial charge in [0.2, 0.25) is 0 Å². The molecule has 2 amide bonds. The molecule has 5 rings (SSSR count). The second kappa shape index (κ2) is 12.9. The fourth-order valence-electron chi connectivity index (χ4n) is 4.54. The summed E-state index contributed by atoms with van der Waals surface area (Å²) >= 11 is 2.87. The monoisotopic (exact) mass is 601 g/mol. The van der Waals surface area contributed by atoms with Crippen molar-refractivity contribution in [1.29, 1.82) is 0 Å². The van der Waals surface area contributed by atoms with Gasteiger partial charge in [-0.05, 0) is 61.1 Å². The Morgan fingerprint density at radius 3 is 2.26 bits per heavy atom. The van der Waals surface area contributed by atoms with E-state index in [9.17, 15) is 14.4 Å². The summed E-state index contributed by atoms with van der Waals surface area (Å²) in [7, 11) is 0. The molecule has 216 valence electrons. The summed E-state index contributed by atoms with van der Waals surface area (Å²) in [5.74, 6) is -0.583. The van der Waals surface area contributed by atoms with E-state index in [1.54, 1.807) is 27.0 Å². The van der Waals surface area contributed by atoms with Crippen LogP contribution in [-0.2, 0) is 19.1 Å². The highest BCUT2D eigenvalue weighted by Gasteiger charge is 2.54. The number of rotatable bonds is 8. The molecule has 0 saturated carbocycles. The van der Waals surface area contributed by atoms with E-state index in [-0.39, 0.29) is 5.70 Å². The second-order valence-electron chi connectivity index (χ2n) is 10.6. The van der Waals surface area contributed by atoms with Crippen molar-refractivity contribution in [3.63, 3.8) is 0 Å². The maximum absolute atomic E-state index is 14.0. The number of nitrogens with zero attached hydrogens (tertiary/aromatic N) is 2. The number of aromatic nitrogens is 1. The van der Waals surface area contributed by atoms with Crippen LogP contribution in [0.2, 0.25) is 0 Å². The first kappa shape index (κ1) is 29.5. The van der Waals surface area contributed by atoms with Gasteiger partial charge < -0.3 is 14.8 Å².